The van der Waals surface area contributed by atoms with Crippen molar-refractivity contribution in [3.05, 3.63) is 63.9 Å². The molecule has 18 heavy (non-hydrogen) atoms. The Morgan fingerprint density at radius 2 is 2.06 bits per heavy atom. The van der Waals surface area contributed by atoms with E-state index in [2.05, 4.69) is 20.9 Å². The highest BCUT2D eigenvalue weighted by atomic mass is 79.9. The molecule has 1 N–H and O–H groups in total. The van der Waals surface area contributed by atoms with Gasteiger partial charge < -0.3 is 5.11 Å². The van der Waals surface area contributed by atoms with Crippen LogP contribution in [0.25, 0.3) is 0 Å². The van der Waals surface area contributed by atoms with Crippen molar-refractivity contribution in [3.8, 4) is 0 Å². The molecule has 1 atom stereocenters. The average molecular weight is 314 g/mol. The molecule has 1 heterocycles. The zero-order chi connectivity index (χ0) is 13.1. The number of benzene rings is 1. The van der Waals surface area contributed by atoms with Gasteiger partial charge in [-0.15, -0.1) is 0 Å². The van der Waals surface area contributed by atoms with E-state index in [1.165, 1.54) is 12.1 Å². The van der Waals surface area contributed by atoms with Crippen LogP contribution < -0.4 is 0 Å². The average Bonchev–Trinajstić information content (AvgIpc) is 2.33. The third-order valence-corrected chi connectivity index (χ3v) is 3.20. The van der Waals surface area contributed by atoms with Gasteiger partial charge in [0.15, 0.2) is 0 Å². The lowest BCUT2D eigenvalue weighted by Crippen LogP contribution is -2.06. The summed E-state index contributed by atoms with van der Waals surface area (Å²) in [6, 6.07) is 6.75. The highest BCUT2D eigenvalue weighted by molar-refractivity contribution is 9.10. The van der Waals surface area contributed by atoms with E-state index in [0.717, 1.165) is 6.07 Å². The van der Waals surface area contributed by atoms with Crippen molar-refractivity contribution < 1.29 is 13.9 Å². The molecule has 2 aromatic rings. The van der Waals surface area contributed by atoms with Crippen LogP contribution >= 0.6 is 15.9 Å². The molecule has 2 nitrogen and oxygen atoms in total. The first-order valence-corrected chi connectivity index (χ1v) is 6.09. The molecule has 0 spiro atoms. The SMILES string of the molecule is OC(Cc1ccc(F)cc1F)c1ncccc1Br. The van der Waals surface area contributed by atoms with Gasteiger partial charge in [-0.1, -0.05) is 6.07 Å². The van der Waals surface area contributed by atoms with Crippen molar-refractivity contribution in [2.45, 2.75) is 12.5 Å². The lowest BCUT2D eigenvalue weighted by Gasteiger charge is -2.12. The maximum absolute atomic E-state index is 13.4. The maximum Gasteiger partial charge on any atom is 0.129 e. The molecule has 1 unspecified atom stereocenters. The number of rotatable bonds is 3. The molecule has 0 radical (unpaired) electrons. The quantitative estimate of drug-likeness (QED) is 0.942. The third kappa shape index (κ3) is 2.91. The molecule has 1 aromatic carbocycles. The number of nitrogens with zero attached hydrogens (tertiary/aromatic N) is 1. The molecule has 2 rings (SSSR count). The van der Waals surface area contributed by atoms with E-state index in [-0.39, 0.29) is 12.0 Å². The molecular weight excluding hydrogens is 304 g/mol. The summed E-state index contributed by atoms with van der Waals surface area (Å²) >= 11 is 3.26. The smallest absolute Gasteiger partial charge is 0.129 e. The van der Waals surface area contributed by atoms with Gasteiger partial charge in [0.1, 0.15) is 17.7 Å². The Hall–Kier alpha value is -1.33. The largest absolute Gasteiger partial charge is 0.386 e. The van der Waals surface area contributed by atoms with Gasteiger partial charge in [0.2, 0.25) is 0 Å². The Morgan fingerprint density at radius 3 is 2.72 bits per heavy atom. The number of aliphatic hydroxyl groups is 1. The predicted molar refractivity (Wildman–Crippen MR) is 67.0 cm³/mol. The lowest BCUT2D eigenvalue weighted by molar-refractivity contribution is 0.171. The van der Waals surface area contributed by atoms with Gasteiger partial charge in [-0.05, 0) is 39.7 Å². The first kappa shape index (κ1) is 13.1. The standard InChI is InChI=1S/C13H10BrF2NO/c14-10-2-1-5-17-13(10)12(18)6-8-3-4-9(15)7-11(8)16/h1-5,7,12,18H,6H2. The summed E-state index contributed by atoms with van der Waals surface area (Å²) in [7, 11) is 0. The molecule has 0 aliphatic heterocycles. The van der Waals surface area contributed by atoms with Crippen LogP contribution in [0.2, 0.25) is 0 Å². The van der Waals surface area contributed by atoms with Crippen LogP contribution in [0.15, 0.2) is 41.0 Å². The van der Waals surface area contributed by atoms with E-state index in [1.807, 2.05) is 0 Å². The molecule has 0 aliphatic carbocycles. The molecule has 0 saturated heterocycles. The van der Waals surface area contributed by atoms with E-state index in [4.69, 9.17) is 0 Å². The molecule has 0 aliphatic rings. The van der Waals surface area contributed by atoms with E-state index in [0.29, 0.717) is 10.2 Å². The molecule has 1 aromatic heterocycles. The van der Waals surface area contributed by atoms with Gasteiger partial charge in [0.05, 0.1) is 5.69 Å². The molecule has 0 amide bonds. The van der Waals surface area contributed by atoms with Crippen molar-refractivity contribution in [1.29, 1.82) is 0 Å². The topological polar surface area (TPSA) is 33.1 Å². The number of halogens is 3. The summed E-state index contributed by atoms with van der Waals surface area (Å²) in [5.41, 5.74) is 0.683. The van der Waals surface area contributed by atoms with Gasteiger partial charge in [0, 0.05) is 23.2 Å². The van der Waals surface area contributed by atoms with Crippen molar-refractivity contribution >= 4 is 15.9 Å². The molecule has 94 valence electrons. The summed E-state index contributed by atoms with van der Waals surface area (Å²) in [6.45, 7) is 0. The highest BCUT2D eigenvalue weighted by Crippen LogP contribution is 2.24. The molecule has 0 saturated carbocycles. The van der Waals surface area contributed by atoms with Gasteiger partial charge in [-0.2, -0.15) is 0 Å². The van der Waals surface area contributed by atoms with E-state index in [9.17, 15) is 13.9 Å². The number of hydrogen-bond donors (Lipinski definition) is 1. The Labute approximate surface area is 111 Å². The van der Waals surface area contributed by atoms with Crippen LogP contribution in [0, 0.1) is 11.6 Å². The monoisotopic (exact) mass is 313 g/mol. The van der Waals surface area contributed by atoms with E-state index < -0.39 is 17.7 Å². The number of aliphatic hydroxyl groups excluding tert-OH is 1. The third-order valence-electron chi connectivity index (χ3n) is 2.53. The van der Waals surface area contributed by atoms with Crippen LogP contribution in [-0.4, -0.2) is 10.1 Å². The first-order valence-electron chi connectivity index (χ1n) is 5.30. The van der Waals surface area contributed by atoms with Crippen LogP contribution in [0.3, 0.4) is 0 Å². The minimum atomic E-state index is -0.944. The zero-order valence-electron chi connectivity index (χ0n) is 9.28. The van der Waals surface area contributed by atoms with Crippen LogP contribution in [0.4, 0.5) is 8.78 Å². The Kier molecular flexibility index (Phi) is 4.04. The van der Waals surface area contributed by atoms with Crippen molar-refractivity contribution in [3.63, 3.8) is 0 Å². The highest BCUT2D eigenvalue weighted by Gasteiger charge is 2.15. The van der Waals surface area contributed by atoms with Gasteiger partial charge in [-0.3, -0.25) is 4.98 Å². The summed E-state index contributed by atoms with van der Waals surface area (Å²) in [6.07, 6.45) is 0.645. The fraction of sp³-hybridized carbons (Fsp3) is 0.154. The van der Waals surface area contributed by atoms with Gasteiger partial charge >= 0.3 is 0 Å². The summed E-state index contributed by atoms with van der Waals surface area (Å²) in [5, 5.41) is 10.00. The van der Waals surface area contributed by atoms with Gasteiger partial charge in [-0.25, -0.2) is 8.78 Å². The Balaban J connectivity index is 2.21. The lowest BCUT2D eigenvalue weighted by atomic mass is 10.0. The molecule has 0 fully saturated rings. The second-order valence-corrected chi connectivity index (χ2v) is 4.68. The summed E-state index contributed by atoms with van der Waals surface area (Å²) in [4.78, 5) is 4.03. The van der Waals surface area contributed by atoms with E-state index in [1.54, 1.807) is 18.3 Å². The predicted octanol–water partition coefficient (Wildman–Crippen LogP) is 3.40. The Morgan fingerprint density at radius 1 is 1.28 bits per heavy atom. The second-order valence-electron chi connectivity index (χ2n) is 3.83. The minimum Gasteiger partial charge on any atom is -0.386 e. The molecular formula is C13H10BrF2NO. The number of hydrogen-bond acceptors (Lipinski definition) is 2. The number of pyridine rings is 1. The zero-order valence-corrected chi connectivity index (χ0v) is 10.9. The van der Waals surface area contributed by atoms with Crippen molar-refractivity contribution in [1.82, 2.24) is 4.98 Å². The fourth-order valence-corrected chi connectivity index (χ4v) is 2.15. The van der Waals surface area contributed by atoms with E-state index >= 15 is 0 Å². The normalized spacial score (nSPS) is 12.4. The second kappa shape index (κ2) is 5.54. The minimum absolute atomic E-state index is 0.0434. The van der Waals surface area contributed by atoms with Gasteiger partial charge in [0.25, 0.3) is 0 Å². The van der Waals surface area contributed by atoms with Crippen LogP contribution in [0.5, 0.6) is 0 Å². The Bertz CT molecular complexity index is 562. The van der Waals surface area contributed by atoms with Crippen molar-refractivity contribution in [2.24, 2.45) is 0 Å². The fourth-order valence-electron chi connectivity index (χ4n) is 1.64. The summed E-state index contributed by atoms with van der Waals surface area (Å²) in [5.74, 6) is -1.30. The van der Waals surface area contributed by atoms with Crippen LogP contribution in [0.1, 0.15) is 17.4 Å². The molecule has 0 bridgehead atoms. The van der Waals surface area contributed by atoms with Crippen LogP contribution in [-0.2, 0) is 6.42 Å². The molecule has 5 heteroatoms. The summed E-state index contributed by atoms with van der Waals surface area (Å²) < 4.78 is 26.8. The van der Waals surface area contributed by atoms with Crippen molar-refractivity contribution in [2.75, 3.05) is 0 Å². The first-order chi connectivity index (χ1) is 8.58. The number of aromatic nitrogens is 1. The maximum atomic E-state index is 13.4.